The molecule has 0 aliphatic rings. The number of hydrogen-bond acceptors (Lipinski definition) is 4. The highest BCUT2D eigenvalue weighted by Gasteiger charge is 2.06. The molecular weight excluding hydrogens is 218 g/mol. The molecule has 2 aromatic rings. The van der Waals surface area contributed by atoms with Crippen LogP contribution in [-0.4, -0.2) is 9.97 Å². The normalized spacial score (nSPS) is 12.6. The number of rotatable bonds is 4. The Morgan fingerprint density at radius 3 is 2.88 bits per heavy atom. The molecule has 0 bridgehead atoms. The maximum atomic E-state index is 4.32. The highest BCUT2D eigenvalue weighted by atomic mass is 32.1. The van der Waals surface area contributed by atoms with Crippen molar-refractivity contribution >= 4 is 11.3 Å². The lowest BCUT2D eigenvalue weighted by atomic mass is 10.2. The van der Waals surface area contributed by atoms with Crippen molar-refractivity contribution in [3.63, 3.8) is 0 Å². The highest BCUT2D eigenvalue weighted by Crippen LogP contribution is 2.14. The minimum absolute atomic E-state index is 0.267. The second-order valence-corrected chi connectivity index (χ2v) is 5.02. The van der Waals surface area contributed by atoms with Gasteiger partial charge in [-0.1, -0.05) is 6.07 Å². The first kappa shape index (κ1) is 11.2. The summed E-state index contributed by atoms with van der Waals surface area (Å²) in [6.07, 6.45) is 3.75. The van der Waals surface area contributed by atoms with E-state index in [9.17, 15) is 0 Å². The molecule has 2 heterocycles. The molecule has 0 fully saturated rings. The summed E-state index contributed by atoms with van der Waals surface area (Å²) >= 11 is 1.73. The van der Waals surface area contributed by atoms with Crippen LogP contribution < -0.4 is 5.32 Å². The Kier molecular flexibility index (Phi) is 3.64. The van der Waals surface area contributed by atoms with E-state index >= 15 is 0 Å². The molecule has 0 saturated heterocycles. The second kappa shape index (κ2) is 5.18. The van der Waals surface area contributed by atoms with Crippen molar-refractivity contribution in [2.45, 2.75) is 26.4 Å². The van der Waals surface area contributed by atoms with E-state index in [1.54, 1.807) is 11.3 Å². The minimum atomic E-state index is 0.267. The van der Waals surface area contributed by atoms with Gasteiger partial charge in [0.2, 0.25) is 0 Å². The Labute approximate surface area is 99.6 Å². The molecule has 2 rings (SSSR count). The predicted octanol–water partition coefficient (Wildman–Crippen LogP) is 2.70. The number of aryl methyl sites for hydroxylation is 1. The molecule has 84 valence electrons. The average Bonchev–Trinajstić information content (AvgIpc) is 2.73. The van der Waals surface area contributed by atoms with Crippen LogP contribution in [0.15, 0.2) is 30.6 Å². The minimum Gasteiger partial charge on any atom is -0.304 e. The van der Waals surface area contributed by atoms with Gasteiger partial charge in [0.05, 0.1) is 10.7 Å². The van der Waals surface area contributed by atoms with Crippen molar-refractivity contribution in [1.29, 1.82) is 0 Å². The SMILES string of the molecule is Cc1ncc(CN[C@@H](C)c2ccccn2)s1. The van der Waals surface area contributed by atoms with E-state index in [-0.39, 0.29) is 6.04 Å². The Morgan fingerprint density at radius 2 is 2.25 bits per heavy atom. The first-order valence-electron chi connectivity index (χ1n) is 5.31. The summed E-state index contributed by atoms with van der Waals surface area (Å²) in [5, 5.41) is 4.55. The standard InChI is InChI=1S/C12H15N3S/c1-9(12-5-3-4-6-13-12)14-7-11-8-15-10(2)16-11/h3-6,8-9,14H,7H2,1-2H3/t9-/m0/s1. The van der Waals surface area contributed by atoms with Crippen LogP contribution in [0.2, 0.25) is 0 Å². The summed E-state index contributed by atoms with van der Waals surface area (Å²) in [4.78, 5) is 9.82. The molecular formula is C12H15N3S. The van der Waals surface area contributed by atoms with E-state index in [1.807, 2.05) is 37.5 Å². The van der Waals surface area contributed by atoms with Crippen molar-refractivity contribution in [3.8, 4) is 0 Å². The van der Waals surface area contributed by atoms with Crippen LogP contribution in [0.1, 0.15) is 28.5 Å². The van der Waals surface area contributed by atoms with Gasteiger partial charge in [-0.05, 0) is 26.0 Å². The molecule has 16 heavy (non-hydrogen) atoms. The molecule has 0 aromatic carbocycles. The summed E-state index contributed by atoms with van der Waals surface area (Å²) < 4.78 is 0. The average molecular weight is 233 g/mol. The Balaban J connectivity index is 1.91. The monoisotopic (exact) mass is 233 g/mol. The first-order chi connectivity index (χ1) is 7.75. The van der Waals surface area contributed by atoms with E-state index in [2.05, 4.69) is 22.2 Å². The Hall–Kier alpha value is -1.26. The van der Waals surface area contributed by atoms with Gasteiger partial charge in [-0.15, -0.1) is 11.3 Å². The van der Waals surface area contributed by atoms with Crippen LogP contribution in [0.25, 0.3) is 0 Å². The van der Waals surface area contributed by atoms with Gasteiger partial charge >= 0.3 is 0 Å². The summed E-state index contributed by atoms with van der Waals surface area (Å²) in [6.45, 7) is 5.00. The third kappa shape index (κ3) is 2.87. The van der Waals surface area contributed by atoms with E-state index in [1.165, 1.54) is 4.88 Å². The lowest BCUT2D eigenvalue weighted by Gasteiger charge is -2.11. The first-order valence-corrected chi connectivity index (χ1v) is 6.13. The maximum Gasteiger partial charge on any atom is 0.0897 e. The lowest BCUT2D eigenvalue weighted by molar-refractivity contribution is 0.565. The molecule has 0 aliphatic heterocycles. The van der Waals surface area contributed by atoms with Crippen LogP contribution >= 0.6 is 11.3 Å². The summed E-state index contributed by atoms with van der Waals surface area (Å²) in [6, 6.07) is 6.25. The zero-order valence-electron chi connectivity index (χ0n) is 9.47. The van der Waals surface area contributed by atoms with Gasteiger partial charge in [0.25, 0.3) is 0 Å². The van der Waals surface area contributed by atoms with Gasteiger partial charge in [-0.2, -0.15) is 0 Å². The summed E-state index contributed by atoms with van der Waals surface area (Å²) in [7, 11) is 0. The number of nitrogens with one attached hydrogen (secondary N) is 1. The third-order valence-electron chi connectivity index (χ3n) is 2.38. The number of nitrogens with zero attached hydrogens (tertiary/aromatic N) is 2. The van der Waals surface area contributed by atoms with Gasteiger partial charge in [0, 0.05) is 29.9 Å². The van der Waals surface area contributed by atoms with Crippen LogP contribution in [-0.2, 0) is 6.54 Å². The molecule has 0 spiro atoms. The van der Waals surface area contributed by atoms with Crippen LogP contribution in [0, 0.1) is 6.92 Å². The van der Waals surface area contributed by atoms with E-state index in [0.717, 1.165) is 17.2 Å². The fourth-order valence-corrected chi connectivity index (χ4v) is 2.22. The van der Waals surface area contributed by atoms with E-state index in [4.69, 9.17) is 0 Å². The van der Waals surface area contributed by atoms with Crippen LogP contribution in [0.3, 0.4) is 0 Å². The third-order valence-corrected chi connectivity index (χ3v) is 3.30. The quantitative estimate of drug-likeness (QED) is 0.882. The van der Waals surface area contributed by atoms with E-state index in [0.29, 0.717) is 0 Å². The van der Waals surface area contributed by atoms with Crippen molar-refractivity contribution in [1.82, 2.24) is 15.3 Å². The van der Waals surface area contributed by atoms with Gasteiger partial charge in [-0.3, -0.25) is 4.98 Å². The van der Waals surface area contributed by atoms with Gasteiger partial charge < -0.3 is 5.32 Å². The lowest BCUT2D eigenvalue weighted by Crippen LogP contribution is -2.18. The zero-order chi connectivity index (χ0) is 11.4. The molecule has 0 radical (unpaired) electrons. The topological polar surface area (TPSA) is 37.8 Å². The van der Waals surface area contributed by atoms with Crippen molar-refractivity contribution in [2.24, 2.45) is 0 Å². The molecule has 4 heteroatoms. The molecule has 0 unspecified atom stereocenters. The number of thiazole rings is 1. The fraction of sp³-hybridized carbons (Fsp3) is 0.333. The number of pyridine rings is 1. The van der Waals surface area contributed by atoms with Crippen molar-refractivity contribution < 1.29 is 0 Å². The maximum absolute atomic E-state index is 4.32. The molecule has 0 amide bonds. The Morgan fingerprint density at radius 1 is 1.38 bits per heavy atom. The number of aromatic nitrogens is 2. The fourth-order valence-electron chi connectivity index (χ4n) is 1.48. The largest absolute Gasteiger partial charge is 0.304 e. The van der Waals surface area contributed by atoms with Gasteiger partial charge in [0.15, 0.2) is 0 Å². The molecule has 0 saturated carbocycles. The molecule has 3 nitrogen and oxygen atoms in total. The molecule has 0 aliphatic carbocycles. The smallest absolute Gasteiger partial charge is 0.0897 e. The van der Waals surface area contributed by atoms with Gasteiger partial charge in [0.1, 0.15) is 0 Å². The zero-order valence-corrected chi connectivity index (χ0v) is 10.3. The second-order valence-electron chi connectivity index (χ2n) is 3.70. The molecule has 1 atom stereocenters. The predicted molar refractivity (Wildman–Crippen MR) is 66.3 cm³/mol. The van der Waals surface area contributed by atoms with E-state index < -0.39 is 0 Å². The highest BCUT2D eigenvalue weighted by molar-refractivity contribution is 7.11. The van der Waals surface area contributed by atoms with Crippen LogP contribution in [0.5, 0.6) is 0 Å². The molecule has 2 aromatic heterocycles. The van der Waals surface area contributed by atoms with Gasteiger partial charge in [-0.25, -0.2) is 4.98 Å². The van der Waals surface area contributed by atoms with Crippen molar-refractivity contribution in [3.05, 3.63) is 46.2 Å². The van der Waals surface area contributed by atoms with Crippen LogP contribution in [0.4, 0.5) is 0 Å². The molecule has 1 N–H and O–H groups in total. The summed E-state index contributed by atoms with van der Waals surface area (Å²) in [5.74, 6) is 0. The number of hydrogen-bond donors (Lipinski definition) is 1. The summed E-state index contributed by atoms with van der Waals surface area (Å²) in [5.41, 5.74) is 1.07. The Bertz CT molecular complexity index is 439. The van der Waals surface area contributed by atoms with Crippen molar-refractivity contribution in [2.75, 3.05) is 0 Å².